The van der Waals surface area contributed by atoms with E-state index in [1.54, 1.807) is 0 Å². The van der Waals surface area contributed by atoms with Crippen LogP contribution in [-0.4, -0.2) is 24.0 Å². The third-order valence-corrected chi connectivity index (χ3v) is 6.30. The first kappa shape index (κ1) is 17.1. The van der Waals surface area contributed by atoms with Gasteiger partial charge in [-0.2, -0.15) is 13.2 Å². The molecule has 2 saturated carbocycles. The van der Waals surface area contributed by atoms with E-state index < -0.39 is 23.9 Å². The van der Waals surface area contributed by atoms with Gasteiger partial charge in [-0.3, -0.25) is 4.79 Å². The molecule has 2 rings (SSSR count). The van der Waals surface area contributed by atoms with E-state index in [2.05, 4.69) is 21.2 Å². The number of hydrogen-bond acceptors (Lipinski definition) is 1. The molecule has 0 aliphatic heterocycles. The lowest BCUT2D eigenvalue weighted by molar-refractivity contribution is -0.198. The van der Waals surface area contributed by atoms with E-state index in [1.807, 2.05) is 0 Å². The maximum atomic E-state index is 13.0. The van der Waals surface area contributed by atoms with Crippen molar-refractivity contribution in [1.29, 1.82) is 0 Å². The number of alkyl halides is 4. The zero-order valence-electron chi connectivity index (χ0n) is 12.1. The van der Waals surface area contributed by atoms with E-state index in [0.717, 1.165) is 31.0 Å². The van der Waals surface area contributed by atoms with Gasteiger partial charge in [-0.25, -0.2) is 0 Å². The summed E-state index contributed by atoms with van der Waals surface area (Å²) in [5.74, 6) is -2.76. The van der Waals surface area contributed by atoms with Crippen molar-refractivity contribution in [1.82, 2.24) is 5.32 Å². The topological polar surface area (TPSA) is 29.1 Å². The molecular weight excluding hydrogens is 347 g/mol. The molecule has 1 N–H and O–H groups in total. The van der Waals surface area contributed by atoms with Crippen molar-refractivity contribution in [3.63, 3.8) is 0 Å². The summed E-state index contributed by atoms with van der Waals surface area (Å²) in [7, 11) is 0. The van der Waals surface area contributed by atoms with Crippen LogP contribution in [0.4, 0.5) is 13.2 Å². The molecule has 0 aromatic rings. The quantitative estimate of drug-likeness (QED) is 0.729. The molecule has 122 valence electrons. The minimum Gasteiger partial charge on any atom is -0.355 e. The van der Waals surface area contributed by atoms with Gasteiger partial charge in [0.25, 0.3) is 0 Å². The Morgan fingerprint density at radius 2 is 1.76 bits per heavy atom. The number of nitrogens with one attached hydrogen (secondary N) is 1. The monoisotopic (exact) mass is 369 g/mol. The first-order chi connectivity index (χ1) is 9.88. The summed E-state index contributed by atoms with van der Waals surface area (Å²) in [6.07, 6.45) is 1.81. The minimum absolute atomic E-state index is 0.0397. The van der Waals surface area contributed by atoms with Crippen LogP contribution in [0.25, 0.3) is 0 Å². The summed E-state index contributed by atoms with van der Waals surface area (Å²) in [5, 5.41) is 3.62. The highest BCUT2D eigenvalue weighted by atomic mass is 79.9. The van der Waals surface area contributed by atoms with Crippen LogP contribution in [0.15, 0.2) is 0 Å². The highest BCUT2D eigenvalue weighted by Gasteiger charge is 2.48. The number of halogens is 4. The Balaban J connectivity index is 1.95. The molecule has 0 aromatic heterocycles. The van der Waals surface area contributed by atoms with Crippen LogP contribution in [0.1, 0.15) is 51.4 Å². The predicted octanol–water partition coefficient (Wildman–Crippen LogP) is 4.43. The van der Waals surface area contributed by atoms with Gasteiger partial charge < -0.3 is 5.32 Å². The van der Waals surface area contributed by atoms with Crippen LogP contribution in [0, 0.1) is 17.3 Å². The molecule has 0 bridgehead atoms. The number of rotatable bonds is 4. The van der Waals surface area contributed by atoms with Crippen molar-refractivity contribution in [2.24, 2.45) is 17.3 Å². The fraction of sp³-hybridized carbons (Fsp3) is 0.933. The van der Waals surface area contributed by atoms with Gasteiger partial charge in [0.05, 0.1) is 5.92 Å². The molecule has 2 unspecified atom stereocenters. The molecule has 0 radical (unpaired) electrons. The fourth-order valence-corrected chi connectivity index (χ4v) is 4.48. The first-order valence-corrected chi connectivity index (χ1v) is 8.90. The average molecular weight is 370 g/mol. The highest BCUT2D eigenvalue weighted by Crippen LogP contribution is 2.42. The first-order valence-electron chi connectivity index (χ1n) is 7.78. The SMILES string of the molecule is O=C(NCC1(CBr)CCCC1)C1CCCCC1C(F)(F)F. The van der Waals surface area contributed by atoms with Gasteiger partial charge in [0.15, 0.2) is 0 Å². The van der Waals surface area contributed by atoms with Crippen LogP contribution < -0.4 is 5.32 Å². The van der Waals surface area contributed by atoms with Crippen molar-refractivity contribution >= 4 is 21.8 Å². The Morgan fingerprint density at radius 3 is 2.33 bits per heavy atom. The van der Waals surface area contributed by atoms with Crippen molar-refractivity contribution in [2.45, 2.75) is 57.5 Å². The molecule has 1 amide bonds. The van der Waals surface area contributed by atoms with Crippen LogP contribution in [0.5, 0.6) is 0 Å². The molecule has 0 aromatic carbocycles. The summed E-state index contributed by atoms with van der Waals surface area (Å²) >= 11 is 3.49. The number of amides is 1. The minimum atomic E-state index is -4.26. The Morgan fingerprint density at radius 1 is 1.14 bits per heavy atom. The summed E-state index contributed by atoms with van der Waals surface area (Å²) in [6.45, 7) is 0.498. The number of hydrogen-bond donors (Lipinski definition) is 1. The molecule has 0 saturated heterocycles. The van der Waals surface area contributed by atoms with Gasteiger partial charge in [-0.15, -0.1) is 0 Å². The predicted molar refractivity (Wildman–Crippen MR) is 79.2 cm³/mol. The van der Waals surface area contributed by atoms with E-state index >= 15 is 0 Å². The van der Waals surface area contributed by atoms with E-state index in [0.29, 0.717) is 25.8 Å². The summed E-state index contributed by atoms with van der Waals surface area (Å²) in [4.78, 5) is 12.2. The van der Waals surface area contributed by atoms with Crippen LogP contribution in [0.3, 0.4) is 0 Å². The Labute approximate surface area is 132 Å². The lowest BCUT2D eigenvalue weighted by atomic mass is 9.78. The van der Waals surface area contributed by atoms with Gasteiger partial charge >= 0.3 is 6.18 Å². The van der Waals surface area contributed by atoms with E-state index in [-0.39, 0.29) is 11.8 Å². The molecule has 0 spiro atoms. The van der Waals surface area contributed by atoms with Crippen molar-refractivity contribution < 1.29 is 18.0 Å². The maximum absolute atomic E-state index is 13.0. The Kier molecular flexibility index (Phi) is 5.60. The largest absolute Gasteiger partial charge is 0.392 e. The lowest BCUT2D eigenvalue weighted by Gasteiger charge is -2.33. The van der Waals surface area contributed by atoms with Gasteiger partial charge in [-0.1, -0.05) is 41.6 Å². The van der Waals surface area contributed by atoms with Crippen LogP contribution >= 0.6 is 15.9 Å². The van der Waals surface area contributed by atoms with Crippen molar-refractivity contribution in [3.05, 3.63) is 0 Å². The molecule has 2 nitrogen and oxygen atoms in total. The molecule has 21 heavy (non-hydrogen) atoms. The molecule has 2 aliphatic carbocycles. The normalized spacial score (nSPS) is 29.3. The third-order valence-electron chi connectivity index (χ3n) is 5.11. The zero-order valence-corrected chi connectivity index (χ0v) is 13.7. The van der Waals surface area contributed by atoms with Crippen LogP contribution in [0.2, 0.25) is 0 Å². The summed E-state index contributed by atoms with van der Waals surface area (Å²) < 4.78 is 39.1. The summed E-state index contributed by atoms with van der Waals surface area (Å²) in [5.41, 5.74) is 0.0397. The standard InChI is InChI=1S/C15H23BrF3NO/c16-9-14(7-3-4-8-14)10-20-13(21)11-5-1-2-6-12(11)15(17,18)19/h11-12H,1-10H2,(H,20,21). The molecular formula is C15H23BrF3NO. The third kappa shape index (κ3) is 4.14. The Bertz CT molecular complexity index is 366. The lowest BCUT2D eigenvalue weighted by Crippen LogP contribution is -2.45. The van der Waals surface area contributed by atoms with Gasteiger partial charge in [0.2, 0.25) is 5.91 Å². The maximum Gasteiger partial charge on any atom is 0.392 e. The highest BCUT2D eigenvalue weighted by molar-refractivity contribution is 9.09. The van der Waals surface area contributed by atoms with E-state index in [9.17, 15) is 18.0 Å². The van der Waals surface area contributed by atoms with Gasteiger partial charge in [0.1, 0.15) is 0 Å². The van der Waals surface area contributed by atoms with Crippen LogP contribution in [-0.2, 0) is 4.79 Å². The molecule has 2 atom stereocenters. The van der Waals surface area contributed by atoms with Gasteiger partial charge in [-0.05, 0) is 31.1 Å². The second-order valence-corrected chi connectivity index (χ2v) is 7.16. The van der Waals surface area contributed by atoms with E-state index in [4.69, 9.17) is 0 Å². The summed E-state index contributed by atoms with van der Waals surface area (Å²) in [6, 6.07) is 0. The average Bonchev–Trinajstić information content (AvgIpc) is 2.93. The van der Waals surface area contributed by atoms with Gasteiger partial charge in [0, 0.05) is 17.8 Å². The fourth-order valence-electron chi connectivity index (χ4n) is 3.72. The molecule has 2 aliphatic rings. The number of carbonyl (C=O) groups excluding carboxylic acids is 1. The zero-order chi connectivity index (χ0) is 15.5. The smallest absolute Gasteiger partial charge is 0.355 e. The van der Waals surface area contributed by atoms with E-state index in [1.165, 1.54) is 0 Å². The second kappa shape index (κ2) is 6.88. The number of carbonyl (C=O) groups is 1. The second-order valence-electron chi connectivity index (χ2n) is 6.60. The van der Waals surface area contributed by atoms with Crippen molar-refractivity contribution in [3.8, 4) is 0 Å². The molecule has 6 heteroatoms. The Hall–Kier alpha value is -0.260. The molecule has 2 fully saturated rings. The van der Waals surface area contributed by atoms with Crippen molar-refractivity contribution in [2.75, 3.05) is 11.9 Å². The molecule has 0 heterocycles.